The van der Waals surface area contributed by atoms with Gasteiger partial charge in [-0.1, -0.05) is 23.2 Å². The van der Waals surface area contributed by atoms with Gasteiger partial charge in [0.1, 0.15) is 18.5 Å². The molecule has 0 saturated carbocycles. The first-order valence-electron chi connectivity index (χ1n) is 6.19. The van der Waals surface area contributed by atoms with Crippen LogP contribution in [0.5, 0.6) is 5.75 Å². The van der Waals surface area contributed by atoms with E-state index in [9.17, 15) is 9.32 Å². The van der Waals surface area contributed by atoms with Crippen molar-refractivity contribution in [1.29, 1.82) is 0 Å². The third-order valence-corrected chi connectivity index (χ3v) is 4.55. The van der Waals surface area contributed by atoms with Crippen molar-refractivity contribution in [3.05, 3.63) is 28.2 Å². The molecule has 0 heterocycles. The van der Waals surface area contributed by atoms with Crippen LogP contribution in [0.3, 0.4) is 0 Å². The predicted octanol–water partition coefficient (Wildman–Crippen LogP) is 2.09. The van der Waals surface area contributed by atoms with Crippen molar-refractivity contribution in [1.82, 2.24) is 5.32 Å². The molecule has 1 aromatic carbocycles. The van der Waals surface area contributed by atoms with E-state index in [1.165, 1.54) is 0 Å². The molecule has 4 nitrogen and oxygen atoms in total. The molecule has 1 rings (SSSR count). The van der Waals surface area contributed by atoms with Crippen molar-refractivity contribution in [3.8, 4) is 5.75 Å². The number of halogens is 2. The lowest BCUT2D eigenvalue weighted by Gasteiger charge is -2.15. The van der Waals surface area contributed by atoms with Crippen LogP contribution in [0.2, 0.25) is 10.0 Å². The number of hydrogen-bond donors (Lipinski definition) is 2. The van der Waals surface area contributed by atoms with Gasteiger partial charge in [0.05, 0.1) is 5.02 Å². The molecular formula is C13H19Cl2NO3S. The Hall–Kier alpha value is -0.330. The highest BCUT2D eigenvalue weighted by atomic mass is 35.5. The minimum Gasteiger partial charge on any atom is -0.489 e. The largest absolute Gasteiger partial charge is 0.489 e. The number of nitrogens with one attached hydrogen (secondary N) is 1. The quantitative estimate of drug-likeness (QED) is 0.761. The second-order valence-electron chi connectivity index (χ2n) is 4.51. The number of benzene rings is 1. The van der Waals surface area contributed by atoms with Crippen molar-refractivity contribution in [2.24, 2.45) is 0 Å². The van der Waals surface area contributed by atoms with Crippen LogP contribution in [-0.4, -0.2) is 46.6 Å². The monoisotopic (exact) mass is 339 g/mol. The van der Waals surface area contributed by atoms with Crippen LogP contribution in [0.15, 0.2) is 18.2 Å². The number of aliphatic hydroxyl groups excluding tert-OH is 1. The van der Waals surface area contributed by atoms with E-state index >= 15 is 0 Å². The van der Waals surface area contributed by atoms with E-state index in [1.54, 1.807) is 24.5 Å². The average Bonchev–Trinajstić information content (AvgIpc) is 2.39. The van der Waals surface area contributed by atoms with Crippen LogP contribution >= 0.6 is 23.2 Å². The SMILES string of the molecule is CC(CNCC(O)COc1cc(Cl)ccc1Cl)S(C)=O. The second kappa shape index (κ2) is 8.85. The van der Waals surface area contributed by atoms with Crippen molar-refractivity contribution in [2.75, 3.05) is 26.0 Å². The molecule has 1 aromatic rings. The van der Waals surface area contributed by atoms with Gasteiger partial charge in [0, 0.05) is 46.5 Å². The van der Waals surface area contributed by atoms with E-state index in [-0.39, 0.29) is 11.9 Å². The summed E-state index contributed by atoms with van der Waals surface area (Å²) in [5.74, 6) is 0.446. The molecule has 0 spiro atoms. The maximum Gasteiger partial charge on any atom is 0.139 e. The fourth-order valence-corrected chi connectivity index (χ4v) is 2.09. The molecule has 3 unspecified atom stereocenters. The van der Waals surface area contributed by atoms with E-state index in [0.717, 1.165) is 0 Å². The maximum absolute atomic E-state index is 11.2. The zero-order chi connectivity index (χ0) is 15.1. The molecule has 0 aliphatic carbocycles. The molecule has 0 fully saturated rings. The Bertz CT molecular complexity index is 459. The first kappa shape index (κ1) is 17.7. The molecule has 0 bridgehead atoms. The highest BCUT2D eigenvalue weighted by Crippen LogP contribution is 2.27. The van der Waals surface area contributed by atoms with E-state index < -0.39 is 16.9 Å². The van der Waals surface area contributed by atoms with Gasteiger partial charge in [0.15, 0.2) is 0 Å². The molecule has 114 valence electrons. The molecular weight excluding hydrogens is 321 g/mol. The van der Waals surface area contributed by atoms with Crippen molar-refractivity contribution in [3.63, 3.8) is 0 Å². The molecule has 0 saturated heterocycles. The van der Waals surface area contributed by atoms with Crippen molar-refractivity contribution >= 4 is 34.0 Å². The molecule has 3 atom stereocenters. The summed E-state index contributed by atoms with van der Waals surface area (Å²) in [5.41, 5.74) is 0. The molecule has 0 amide bonds. The minimum atomic E-state index is -0.872. The van der Waals surface area contributed by atoms with Gasteiger partial charge in [-0.05, 0) is 19.1 Å². The lowest BCUT2D eigenvalue weighted by atomic mass is 10.3. The van der Waals surface area contributed by atoms with Crippen LogP contribution in [0.4, 0.5) is 0 Å². The Labute approximate surface area is 131 Å². The van der Waals surface area contributed by atoms with Gasteiger partial charge in [0.2, 0.25) is 0 Å². The van der Waals surface area contributed by atoms with Crippen molar-refractivity contribution < 1.29 is 14.1 Å². The molecule has 20 heavy (non-hydrogen) atoms. The highest BCUT2D eigenvalue weighted by molar-refractivity contribution is 7.84. The smallest absolute Gasteiger partial charge is 0.139 e. The molecule has 0 aliphatic rings. The van der Waals surface area contributed by atoms with E-state index in [0.29, 0.717) is 28.9 Å². The van der Waals surface area contributed by atoms with Gasteiger partial charge in [-0.3, -0.25) is 4.21 Å². The fraction of sp³-hybridized carbons (Fsp3) is 0.538. The maximum atomic E-state index is 11.2. The standard InChI is InChI=1S/C13H19Cl2NO3S/c1-9(20(2)18)6-16-7-11(17)8-19-13-5-10(14)3-4-12(13)15/h3-5,9,11,16-17H,6-8H2,1-2H3. The minimum absolute atomic E-state index is 0.0468. The molecule has 7 heteroatoms. The fourth-order valence-electron chi connectivity index (χ4n) is 1.40. The lowest BCUT2D eigenvalue weighted by Crippen LogP contribution is -2.36. The number of aliphatic hydroxyl groups is 1. The van der Waals surface area contributed by atoms with Crippen LogP contribution < -0.4 is 10.1 Å². The molecule has 0 radical (unpaired) electrons. The Balaban J connectivity index is 2.31. The zero-order valence-electron chi connectivity index (χ0n) is 11.4. The van der Waals surface area contributed by atoms with Gasteiger partial charge in [0.25, 0.3) is 0 Å². The van der Waals surface area contributed by atoms with Gasteiger partial charge in [-0.25, -0.2) is 0 Å². The summed E-state index contributed by atoms with van der Waals surface area (Å²) in [6, 6.07) is 4.91. The Morgan fingerprint density at radius 3 is 2.75 bits per heavy atom. The molecule has 0 aromatic heterocycles. The van der Waals surface area contributed by atoms with Gasteiger partial charge in [-0.15, -0.1) is 0 Å². The summed E-state index contributed by atoms with van der Waals surface area (Å²) < 4.78 is 16.6. The van der Waals surface area contributed by atoms with Crippen molar-refractivity contribution in [2.45, 2.75) is 18.3 Å². The van der Waals surface area contributed by atoms with Crippen LogP contribution in [0, 0.1) is 0 Å². The van der Waals surface area contributed by atoms with E-state index in [4.69, 9.17) is 27.9 Å². The zero-order valence-corrected chi connectivity index (χ0v) is 13.8. The van der Waals surface area contributed by atoms with Crippen LogP contribution in [0.25, 0.3) is 0 Å². The summed E-state index contributed by atoms with van der Waals surface area (Å²) in [4.78, 5) is 0. The van der Waals surface area contributed by atoms with Gasteiger partial charge >= 0.3 is 0 Å². The number of rotatable bonds is 8. The number of ether oxygens (including phenoxy) is 1. The molecule has 0 aliphatic heterocycles. The first-order valence-corrected chi connectivity index (χ1v) is 8.56. The summed E-state index contributed by atoms with van der Waals surface area (Å²) in [5, 5.41) is 13.8. The lowest BCUT2D eigenvalue weighted by molar-refractivity contribution is 0.107. The predicted molar refractivity (Wildman–Crippen MR) is 84.4 cm³/mol. The van der Waals surface area contributed by atoms with Gasteiger partial charge < -0.3 is 15.2 Å². The first-order chi connectivity index (χ1) is 9.40. The average molecular weight is 340 g/mol. The highest BCUT2D eigenvalue weighted by Gasteiger charge is 2.10. The summed E-state index contributed by atoms with van der Waals surface area (Å²) in [6.45, 7) is 2.94. The Kier molecular flexibility index (Phi) is 7.84. The van der Waals surface area contributed by atoms with E-state index in [2.05, 4.69) is 5.32 Å². The molecule has 2 N–H and O–H groups in total. The van der Waals surface area contributed by atoms with Gasteiger partial charge in [-0.2, -0.15) is 0 Å². The summed E-state index contributed by atoms with van der Waals surface area (Å²) in [6.07, 6.45) is 0.982. The third kappa shape index (κ3) is 6.41. The summed E-state index contributed by atoms with van der Waals surface area (Å²) >= 11 is 11.8. The Morgan fingerprint density at radius 2 is 2.10 bits per heavy atom. The summed E-state index contributed by atoms with van der Waals surface area (Å²) in [7, 11) is -0.872. The normalized spacial score (nSPS) is 15.7. The van der Waals surface area contributed by atoms with Crippen LogP contribution in [-0.2, 0) is 10.8 Å². The third-order valence-electron chi connectivity index (χ3n) is 2.70. The van der Waals surface area contributed by atoms with Crippen LogP contribution in [0.1, 0.15) is 6.92 Å². The second-order valence-corrected chi connectivity index (χ2v) is 7.15. The number of hydrogen-bond acceptors (Lipinski definition) is 4. The Morgan fingerprint density at radius 1 is 1.40 bits per heavy atom. The van der Waals surface area contributed by atoms with E-state index in [1.807, 2.05) is 6.92 Å². The topological polar surface area (TPSA) is 58.6 Å².